The summed E-state index contributed by atoms with van der Waals surface area (Å²) in [5, 5.41) is 11.2. The summed E-state index contributed by atoms with van der Waals surface area (Å²) in [5.74, 6) is -1.26. The molecule has 0 saturated carbocycles. The quantitative estimate of drug-likeness (QED) is 0.232. The molecule has 3 amide bonds. The van der Waals surface area contributed by atoms with Crippen LogP contribution in [0.15, 0.2) is 77.9 Å². The zero-order valence-electron chi connectivity index (χ0n) is 22.4. The number of nitrogens with one attached hydrogen (secondary N) is 1. The number of nitrogen functional groups attached to an aromatic ring is 1. The molecule has 1 atom stereocenters. The Bertz CT molecular complexity index is 1670. The molecule has 0 aliphatic carbocycles. The molecule has 0 radical (unpaired) electrons. The molecule has 3 N–H and O–H groups in total. The van der Waals surface area contributed by atoms with E-state index in [1.54, 1.807) is 49.7 Å². The molecule has 1 unspecified atom stereocenters. The van der Waals surface area contributed by atoms with Gasteiger partial charge in [-0.05, 0) is 42.0 Å². The minimum Gasteiger partial charge on any atom is -0.398 e. The topological polar surface area (TPSA) is 139 Å². The Morgan fingerprint density at radius 3 is 2.55 bits per heavy atom. The van der Waals surface area contributed by atoms with Gasteiger partial charge in [-0.3, -0.25) is 24.3 Å². The lowest BCUT2D eigenvalue weighted by Gasteiger charge is -2.38. The Morgan fingerprint density at radius 1 is 1.05 bits per heavy atom. The maximum atomic E-state index is 13.7. The first-order valence-electron chi connectivity index (χ1n) is 12.9. The van der Waals surface area contributed by atoms with E-state index >= 15 is 0 Å². The zero-order valence-corrected chi connectivity index (χ0v) is 24.0. The maximum absolute atomic E-state index is 13.7. The second-order valence-electron chi connectivity index (χ2n) is 9.55. The molecule has 3 aromatic carbocycles. The van der Waals surface area contributed by atoms with E-state index in [1.165, 1.54) is 20.7 Å². The van der Waals surface area contributed by atoms with Gasteiger partial charge in [0.2, 0.25) is 17.7 Å². The first-order chi connectivity index (χ1) is 20.2. The fourth-order valence-electron chi connectivity index (χ4n) is 4.72. The van der Waals surface area contributed by atoms with Crippen molar-refractivity contribution in [2.45, 2.75) is 12.5 Å². The van der Waals surface area contributed by atoms with E-state index in [-0.39, 0.29) is 24.7 Å². The van der Waals surface area contributed by atoms with Crippen molar-refractivity contribution in [2.75, 3.05) is 36.1 Å². The average molecular weight is 605 g/mol. The number of halogens is 2. The molecule has 214 valence electrons. The summed E-state index contributed by atoms with van der Waals surface area (Å²) >= 11 is 12.2. The standard InChI is InChI=1S/C29H26Cl2N8O3/c1-33-14-19-12-21(8-9-22(19)32)34-29(42)25(11-18-5-3-2-4-6-18)38-17-27(40)37(16-28(38)41)24-13-20(30)7-10-23(24)39-15-26(31)35-36-39/h2-10,12-15,25H,11,16-17,32H2,1H3,(H,34,42). The van der Waals surface area contributed by atoms with Crippen molar-refractivity contribution < 1.29 is 14.4 Å². The third-order valence-electron chi connectivity index (χ3n) is 6.73. The lowest BCUT2D eigenvalue weighted by molar-refractivity contribution is -0.143. The second kappa shape index (κ2) is 12.4. The third kappa shape index (κ3) is 6.27. The molecule has 2 heterocycles. The van der Waals surface area contributed by atoms with Crippen molar-refractivity contribution in [3.8, 4) is 5.69 Å². The van der Waals surface area contributed by atoms with Crippen molar-refractivity contribution in [2.24, 2.45) is 4.99 Å². The summed E-state index contributed by atoms with van der Waals surface area (Å²) in [5.41, 5.74) is 9.29. The number of hydrogen-bond acceptors (Lipinski definition) is 7. The number of carbonyl (C=O) groups is 3. The Kier molecular flexibility index (Phi) is 8.51. The van der Waals surface area contributed by atoms with Gasteiger partial charge in [-0.15, -0.1) is 5.10 Å². The number of piperazine rings is 1. The number of rotatable bonds is 8. The van der Waals surface area contributed by atoms with Gasteiger partial charge >= 0.3 is 0 Å². The molecule has 11 nitrogen and oxygen atoms in total. The van der Waals surface area contributed by atoms with E-state index < -0.39 is 23.8 Å². The zero-order chi connectivity index (χ0) is 29.8. The molecule has 1 saturated heterocycles. The molecular formula is C29H26Cl2N8O3. The number of nitrogens with zero attached hydrogens (tertiary/aromatic N) is 6. The van der Waals surface area contributed by atoms with E-state index in [2.05, 4.69) is 20.6 Å². The molecule has 42 heavy (non-hydrogen) atoms. The number of amides is 3. The molecular weight excluding hydrogens is 579 g/mol. The van der Waals surface area contributed by atoms with Crippen LogP contribution in [0, 0.1) is 0 Å². The maximum Gasteiger partial charge on any atom is 0.247 e. The summed E-state index contributed by atoms with van der Waals surface area (Å²) in [6.45, 7) is -0.643. The van der Waals surface area contributed by atoms with Gasteiger partial charge in [0.1, 0.15) is 19.1 Å². The number of benzene rings is 3. The van der Waals surface area contributed by atoms with Crippen molar-refractivity contribution in [1.29, 1.82) is 0 Å². The Hall–Kier alpha value is -4.74. The Morgan fingerprint density at radius 2 is 1.83 bits per heavy atom. The molecule has 0 bridgehead atoms. The van der Waals surface area contributed by atoms with Crippen molar-refractivity contribution in [3.63, 3.8) is 0 Å². The van der Waals surface area contributed by atoms with Crippen LogP contribution in [0.1, 0.15) is 11.1 Å². The van der Waals surface area contributed by atoms with Gasteiger partial charge in [-0.1, -0.05) is 58.7 Å². The van der Waals surface area contributed by atoms with Gasteiger partial charge in [0.25, 0.3) is 0 Å². The lowest BCUT2D eigenvalue weighted by Crippen LogP contribution is -2.60. The summed E-state index contributed by atoms with van der Waals surface area (Å²) in [6.07, 6.45) is 3.26. The minimum absolute atomic E-state index is 0.160. The third-order valence-corrected chi connectivity index (χ3v) is 7.14. The molecule has 1 aromatic heterocycles. The lowest BCUT2D eigenvalue weighted by atomic mass is 10.0. The van der Waals surface area contributed by atoms with Crippen LogP contribution in [0.2, 0.25) is 10.2 Å². The highest BCUT2D eigenvalue weighted by Crippen LogP contribution is 2.30. The number of aliphatic imine (C=N–C) groups is 1. The van der Waals surface area contributed by atoms with E-state index in [0.717, 1.165) is 5.56 Å². The van der Waals surface area contributed by atoms with Crippen molar-refractivity contribution in [1.82, 2.24) is 19.9 Å². The van der Waals surface area contributed by atoms with Gasteiger partial charge in [-0.2, -0.15) is 0 Å². The van der Waals surface area contributed by atoms with Crippen LogP contribution < -0.4 is 16.0 Å². The van der Waals surface area contributed by atoms with Crippen LogP contribution in [0.4, 0.5) is 17.1 Å². The Labute approximate surface area is 251 Å². The van der Waals surface area contributed by atoms with Crippen molar-refractivity contribution >= 4 is 64.2 Å². The van der Waals surface area contributed by atoms with Crippen LogP contribution in [0.5, 0.6) is 0 Å². The van der Waals surface area contributed by atoms with Crippen LogP contribution in [0.3, 0.4) is 0 Å². The van der Waals surface area contributed by atoms with E-state index in [0.29, 0.717) is 33.3 Å². The highest BCUT2D eigenvalue weighted by molar-refractivity contribution is 6.31. The monoisotopic (exact) mass is 604 g/mol. The van der Waals surface area contributed by atoms with Gasteiger partial charge in [0.15, 0.2) is 5.15 Å². The van der Waals surface area contributed by atoms with Gasteiger partial charge in [-0.25, -0.2) is 4.68 Å². The molecule has 5 rings (SSSR count). The number of anilines is 3. The second-order valence-corrected chi connectivity index (χ2v) is 10.4. The van der Waals surface area contributed by atoms with Gasteiger partial charge in [0, 0.05) is 41.6 Å². The van der Waals surface area contributed by atoms with Gasteiger partial charge in [0.05, 0.1) is 17.6 Å². The molecule has 1 aliphatic heterocycles. The largest absolute Gasteiger partial charge is 0.398 e. The summed E-state index contributed by atoms with van der Waals surface area (Å²) < 4.78 is 1.40. The van der Waals surface area contributed by atoms with E-state index in [1.807, 2.05) is 30.3 Å². The number of carbonyl (C=O) groups excluding carboxylic acids is 3. The van der Waals surface area contributed by atoms with E-state index in [4.69, 9.17) is 28.9 Å². The smallest absolute Gasteiger partial charge is 0.247 e. The number of nitrogens with two attached hydrogens (primary N) is 1. The highest BCUT2D eigenvalue weighted by atomic mass is 35.5. The summed E-state index contributed by atoms with van der Waals surface area (Å²) in [7, 11) is 1.62. The normalized spacial score (nSPS) is 14.5. The highest BCUT2D eigenvalue weighted by Gasteiger charge is 2.39. The van der Waals surface area contributed by atoms with E-state index in [9.17, 15) is 14.4 Å². The van der Waals surface area contributed by atoms with Gasteiger partial charge < -0.3 is 16.0 Å². The SMILES string of the molecule is CN=Cc1cc(NC(=O)C(Cc2ccccc2)N2CC(=O)N(c3cc(Cl)ccc3-n3cc(Cl)nn3)CC2=O)ccc1N. The first kappa shape index (κ1) is 28.8. The predicted octanol–water partition coefficient (Wildman–Crippen LogP) is 3.63. The number of aromatic nitrogens is 3. The van der Waals surface area contributed by atoms with Crippen LogP contribution >= 0.6 is 23.2 Å². The first-order valence-corrected chi connectivity index (χ1v) is 13.6. The molecule has 1 fully saturated rings. The number of hydrogen-bond donors (Lipinski definition) is 2. The van der Waals surface area contributed by atoms with Crippen LogP contribution in [-0.4, -0.2) is 70.0 Å². The minimum atomic E-state index is -0.972. The fourth-order valence-corrected chi connectivity index (χ4v) is 5.01. The molecule has 13 heteroatoms. The Balaban J connectivity index is 1.44. The van der Waals surface area contributed by atoms with Crippen molar-refractivity contribution in [3.05, 3.63) is 94.2 Å². The molecule has 0 spiro atoms. The molecule has 1 aliphatic rings. The molecule has 4 aromatic rings. The summed E-state index contributed by atoms with van der Waals surface area (Å²) in [4.78, 5) is 47.6. The predicted molar refractivity (Wildman–Crippen MR) is 162 cm³/mol. The van der Waals surface area contributed by atoms with Crippen LogP contribution in [0.25, 0.3) is 5.69 Å². The fraction of sp³-hybridized carbons (Fsp3) is 0.172. The average Bonchev–Trinajstić information content (AvgIpc) is 3.41. The summed E-state index contributed by atoms with van der Waals surface area (Å²) in [6, 6.07) is 18.2. The van der Waals surface area contributed by atoms with Crippen LogP contribution in [-0.2, 0) is 20.8 Å².